The molecular weight excluding hydrogens is 404 g/mol. The average Bonchev–Trinajstić information content (AvgIpc) is 3.07. The number of nitrogen functional groups attached to an aromatic ring is 1. The minimum Gasteiger partial charge on any atom is -0.383 e. The van der Waals surface area contributed by atoms with E-state index in [4.69, 9.17) is 5.73 Å². The van der Waals surface area contributed by atoms with Gasteiger partial charge in [0, 0.05) is 18.8 Å². The third kappa shape index (κ3) is 3.71. The van der Waals surface area contributed by atoms with Gasteiger partial charge in [-0.1, -0.05) is 12.1 Å². The van der Waals surface area contributed by atoms with Crippen LogP contribution in [0.1, 0.15) is 17.2 Å². The van der Waals surface area contributed by atoms with Gasteiger partial charge in [-0.2, -0.15) is 0 Å². The number of carbonyl (C=O) groups is 1. The second kappa shape index (κ2) is 7.77. The highest BCUT2D eigenvalue weighted by atomic mass is 19.1. The Morgan fingerprint density at radius 3 is 2.71 bits per heavy atom. The van der Waals surface area contributed by atoms with Crippen LogP contribution >= 0.6 is 0 Å². The van der Waals surface area contributed by atoms with Crippen molar-refractivity contribution < 1.29 is 18.7 Å². The Morgan fingerprint density at radius 1 is 1.19 bits per heavy atom. The maximum Gasteiger partial charge on any atom is 0.257 e. The molecule has 1 atom stereocenters. The van der Waals surface area contributed by atoms with Gasteiger partial charge in [-0.3, -0.25) is 4.79 Å². The van der Waals surface area contributed by atoms with Gasteiger partial charge in [0.05, 0.1) is 11.1 Å². The summed E-state index contributed by atoms with van der Waals surface area (Å²) < 4.78 is 30.0. The van der Waals surface area contributed by atoms with Gasteiger partial charge < -0.3 is 20.7 Å². The number of hydrogen-bond donors (Lipinski definition) is 3. The molecular formula is C22H19F2N5O2. The van der Waals surface area contributed by atoms with Crippen LogP contribution in [0.3, 0.4) is 0 Å². The maximum atomic E-state index is 14.9. The monoisotopic (exact) mass is 423 g/mol. The first-order valence-corrected chi connectivity index (χ1v) is 9.36. The van der Waals surface area contributed by atoms with Crippen LogP contribution in [0.2, 0.25) is 0 Å². The van der Waals surface area contributed by atoms with Gasteiger partial charge in [-0.15, -0.1) is 0 Å². The fraction of sp³-hybridized carbons (Fsp3) is 0.136. The van der Waals surface area contributed by atoms with Crippen molar-refractivity contribution >= 4 is 28.4 Å². The number of rotatable bonds is 4. The number of nitrogens with two attached hydrogens (primary N) is 1. The Balaban J connectivity index is 1.68. The number of amides is 1. The van der Waals surface area contributed by atoms with Crippen LogP contribution in [0.5, 0.6) is 0 Å². The van der Waals surface area contributed by atoms with Crippen molar-refractivity contribution in [2.45, 2.75) is 13.0 Å². The number of aliphatic hydroxyl groups is 1. The summed E-state index contributed by atoms with van der Waals surface area (Å²) in [5.74, 6) is -1.89. The summed E-state index contributed by atoms with van der Waals surface area (Å²) in [7, 11) is 1.80. The maximum absolute atomic E-state index is 14.9. The number of fused-ring (bicyclic) bond motifs is 1. The summed E-state index contributed by atoms with van der Waals surface area (Å²) in [4.78, 5) is 20.6. The molecule has 2 heterocycles. The van der Waals surface area contributed by atoms with E-state index in [2.05, 4.69) is 15.3 Å². The predicted octanol–water partition coefficient (Wildman–Crippen LogP) is 3.48. The Kier molecular flexibility index (Phi) is 5.12. The van der Waals surface area contributed by atoms with Crippen LogP contribution < -0.4 is 11.1 Å². The van der Waals surface area contributed by atoms with E-state index in [9.17, 15) is 18.7 Å². The number of aliphatic hydroxyl groups excluding tert-OH is 1. The molecule has 0 spiro atoms. The first kappa shape index (κ1) is 20.4. The van der Waals surface area contributed by atoms with Crippen molar-refractivity contribution in [1.82, 2.24) is 14.5 Å². The molecule has 2 aromatic heterocycles. The lowest BCUT2D eigenvalue weighted by atomic mass is 9.99. The lowest BCUT2D eigenvalue weighted by molar-refractivity contribution is -0.124. The molecule has 7 nitrogen and oxygen atoms in total. The Labute approximate surface area is 176 Å². The van der Waals surface area contributed by atoms with E-state index in [-0.39, 0.29) is 17.1 Å². The van der Waals surface area contributed by atoms with Crippen LogP contribution in [-0.4, -0.2) is 25.5 Å². The van der Waals surface area contributed by atoms with Gasteiger partial charge in [-0.05, 0) is 47.9 Å². The second-order valence-electron chi connectivity index (χ2n) is 7.20. The lowest BCUT2D eigenvalue weighted by Gasteiger charge is -2.14. The van der Waals surface area contributed by atoms with E-state index >= 15 is 0 Å². The molecule has 0 bridgehead atoms. The van der Waals surface area contributed by atoms with E-state index in [1.54, 1.807) is 24.7 Å². The third-order valence-electron chi connectivity index (χ3n) is 5.06. The number of benzene rings is 2. The van der Waals surface area contributed by atoms with Crippen molar-refractivity contribution in [1.29, 1.82) is 0 Å². The smallest absolute Gasteiger partial charge is 0.257 e. The van der Waals surface area contributed by atoms with E-state index < -0.39 is 23.6 Å². The second-order valence-corrected chi connectivity index (χ2v) is 7.20. The molecule has 0 aliphatic heterocycles. The van der Waals surface area contributed by atoms with Gasteiger partial charge in [0.25, 0.3) is 5.91 Å². The number of hydrogen-bond acceptors (Lipinski definition) is 5. The molecule has 4 aromatic rings. The summed E-state index contributed by atoms with van der Waals surface area (Å²) in [6, 6.07) is 7.76. The molecule has 0 saturated heterocycles. The zero-order valence-corrected chi connectivity index (χ0v) is 16.7. The highest BCUT2D eigenvalue weighted by Gasteiger charge is 2.21. The molecule has 0 radical (unpaired) electrons. The normalized spacial score (nSPS) is 12.2. The zero-order chi connectivity index (χ0) is 22.3. The fourth-order valence-corrected chi connectivity index (χ4v) is 3.54. The van der Waals surface area contributed by atoms with Crippen molar-refractivity contribution in [2.75, 3.05) is 11.1 Å². The molecule has 158 valence electrons. The summed E-state index contributed by atoms with van der Waals surface area (Å²) in [6.45, 7) is 1.76. The quantitative estimate of drug-likeness (QED) is 0.466. The highest BCUT2D eigenvalue weighted by molar-refractivity contribution is 6.02. The molecule has 2 aromatic carbocycles. The number of nitrogens with one attached hydrogen (secondary N) is 1. The Hall–Kier alpha value is -3.85. The molecule has 0 saturated carbocycles. The minimum absolute atomic E-state index is 0.0671. The summed E-state index contributed by atoms with van der Waals surface area (Å²) in [6.07, 6.45) is 1.49. The summed E-state index contributed by atoms with van der Waals surface area (Å²) in [5.41, 5.74) is 8.47. The molecule has 0 aliphatic carbocycles. The number of anilines is 2. The molecule has 1 unspecified atom stereocenters. The van der Waals surface area contributed by atoms with Gasteiger partial charge in [0.15, 0.2) is 6.10 Å². The van der Waals surface area contributed by atoms with Crippen LogP contribution in [-0.2, 0) is 11.8 Å². The molecule has 0 aliphatic rings. The molecule has 31 heavy (non-hydrogen) atoms. The number of halogens is 2. The SMILES string of the molecule is Cc1cc(NC(=O)C(O)c2cccc(F)c2)c(F)cc1-c1cn(C)c2ncnc(N)c12. The van der Waals surface area contributed by atoms with E-state index in [1.165, 1.54) is 36.7 Å². The van der Waals surface area contributed by atoms with Gasteiger partial charge in [0.1, 0.15) is 29.4 Å². The third-order valence-corrected chi connectivity index (χ3v) is 5.06. The van der Waals surface area contributed by atoms with E-state index in [0.29, 0.717) is 27.7 Å². The Morgan fingerprint density at radius 2 is 1.97 bits per heavy atom. The lowest BCUT2D eigenvalue weighted by Crippen LogP contribution is -2.21. The van der Waals surface area contributed by atoms with Crippen molar-refractivity contribution in [3.05, 3.63) is 71.7 Å². The van der Waals surface area contributed by atoms with Crippen molar-refractivity contribution in [2.24, 2.45) is 7.05 Å². The molecule has 9 heteroatoms. The highest BCUT2D eigenvalue weighted by Crippen LogP contribution is 2.36. The summed E-state index contributed by atoms with van der Waals surface area (Å²) in [5, 5.41) is 13.2. The fourth-order valence-electron chi connectivity index (χ4n) is 3.54. The topological polar surface area (TPSA) is 106 Å². The molecule has 4 rings (SSSR count). The van der Waals surface area contributed by atoms with Crippen molar-refractivity contribution in [3.63, 3.8) is 0 Å². The standard InChI is InChI=1S/C22H19F2N5O2/c1-11-6-17(28-22(31)19(30)12-4-3-5-13(23)7-12)16(24)8-14(11)15-9-29(2)21-18(15)20(25)26-10-27-21/h3-10,19,30H,1-2H3,(H,28,31)(H2,25,26,27). The predicted molar refractivity (Wildman–Crippen MR) is 113 cm³/mol. The van der Waals surface area contributed by atoms with Gasteiger partial charge in [-0.25, -0.2) is 18.7 Å². The van der Waals surface area contributed by atoms with E-state index in [1.807, 2.05) is 0 Å². The first-order chi connectivity index (χ1) is 14.8. The van der Waals surface area contributed by atoms with Crippen LogP contribution in [0, 0.1) is 18.6 Å². The number of carbonyl (C=O) groups excluding carboxylic acids is 1. The van der Waals surface area contributed by atoms with Crippen LogP contribution in [0.4, 0.5) is 20.3 Å². The number of aromatic nitrogens is 3. The average molecular weight is 423 g/mol. The van der Waals surface area contributed by atoms with Gasteiger partial charge >= 0.3 is 0 Å². The number of nitrogens with zero attached hydrogens (tertiary/aromatic N) is 3. The number of aryl methyl sites for hydroxylation is 2. The molecule has 4 N–H and O–H groups in total. The van der Waals surface area contributed by atoms with E-state index in [0.717, 1.165) is 6.07 Å². The molecule has 1 amide bonds. The Bertz CT molecular complexity index is 1320. The minimum atomic E-state index is -1.65. The van der Waals surface area contributed by atoms with Gasteiger partial charge in [0.2, 0.25) is 0 Å². The van der Waals surface area contributed by atoms with Crippen molar-refractivity contribution in [3.8, 4) is 11.1 Å². The summed E-state index contributed by atoms with van der Waals surface area (Å²) >= 11 is 0. The largest absolute Gasteiger partial charge is 0.383 e. The first-order valence-electron chi connectivity index (χ1n) is 9.36. The zero-order valence-electron chi connectivity index (χ0n) is 16.7. The van der Waals surface area contributed by atoms with Crippen LogP contribution in [0.25, 0.3) is 22.2 Å². The molecule has 0 fully saturated rings. The van der Waals surface area contributed by atoms with Crippen LogP contribution in [0.15, 0.2) is 48.9 Å².